The molecule has 0 aliphatic heterocycles. The van der Waals surface area contributed by atoms with Gasteiger partial charge in [0.1, 0.15) is 0 Å². The molecular weight excluding hydrogens is 182 g/mol. The molecule has 0 N–H and O–H groups in total. The first-order valence-electron chi connectivity index (χ1n) is 4.40. The summed E-state index contributed by atoms with van der Waals surface area (Å²) < 4.78 is 5.83. The van der Waals surface area contributed by atoms with E-state index in [2.05, 4.69) is 4.74 Å². The summed E-state index contributed by atoms with van der Waals surface area (Å²) in [6.45, 7) is 4.00. The molecule has 0 aliphatic rings. The first-order valence-corrected chi connectivity index (χ1v) is 4.40. The Morgan fingerprint density at radius 2 is 2.00 bits per heavy atom. The van der Waals surface area contributed by atoms with Crippen LogP contribution in [0.4, 0.5) is 0 Å². The van der Waals surface area contributed by atoms with E-state index in [1.165, 1.54) is 30.0 Å². The van der Waals surface area contributed by atoms with Crippen LogP contribution in [0.1, 0.15) is 24.2 Å². The Kier molecular flexibility index (Phi) is 5.29. The molecule has 14 heavy (non-hydrogen) atoms. The number of pyridine rings is 1. The molecule has 0 spiro atoms. The first-order chi connectivity index (χ1) is 6.65. The summed E-state index contributed by atoms with van der Waals surface area (Å²) in [5.41, 5.74) is 0.0542. The van der Waals surface area contributed by atoms with Gasteiger partial charge in [0.15, 0.2) is 0 Å². The lowest BCUT2D eigenvalue weighted by molar-refractivity contribution is 0.0600. The fourth-order valence-electron chi connectivity index (χ4n) is 0.793. The average molecular weight is 197 g/mol. The summed E-state index contributed by atoms with van der Waals surface area (Å²) in [6.07, 6.45) is 1.52. The molecule has 1 aromatic heterocycles. The van der Waals surface area contributed by atoms with Crippen LogP contribution in [0.25, 0.3) is 0 Å². The zero-order chi connectivity index (χ0) is 11.1. The third-order valence-electron chi connectivity index (χ3n) is 1.53. The maximum atomic E-state index is 11.0. The van der Waals surface area contributed by atoms with Crippen molar-refractivity contribution >= 4 is 5.97 Å². The summed E-state index contributed by atoms with van der Waals surface area (Å²) in [5.74, 6) is -0.493. The molecule has 0 aliphatic carbocycles. The maximum absolute atomic E-state index is 11.0. The number of methoxy groups -OCH3 is 1. The van der Waals surface area contributed by atoms with Crippen LogP contribution in [-0.2, 0) is 11.8 Å². The van der Waals surface area contributed by atoms with E-state index in [4.69, 9.17) is 0 Å². The molecular formula is C10H15NO3. The van der Waals surface area contributed by atoms with Gasteiger partial charge in [-0.05, 0) is 6.07 Å². The topological polar surface area (TPSA) is 48.3 Å². The smallest absolute Gasteiger partial charge is 0.338 e. The molecule has 0 bridgehead atoms. The number of hydrogen-bond donors (Lipinski definition) is 0. The van der Waals surface area contributed by atoms with Gasteiger partial charge in [-0.25, -0.2) is 4.79 Å². The highest BCUT2D eigenvalue weighted by molar-refractivity contribution is 5.88. The zero-order valence-electron chi connectivity index (χ0n) is 8.90. The highest BCUT2D eigenvalue weighted by Crippen LogP contribution is 1.95. The van der Waals surface area contributed by atoms with E-state index in [0.29, 0.717) is 0 Å². The second kappa shape index (κ2) is 5.96. The molecule has 0 unspecified atom stereocenters. The summed E-state index contributed by atoms with van der Waals surface area (Å²) in [5, 5.41) is 0. The van der Waals surface area contributed by atoms with Crippen LogP contribution in [0.3, 0.4) is 0 Å². The SMILES string of the molecule is CC.COC(=O)c1ccn(C)c(=O)c1. The van der Waals surface area contributed by atoms with Crippen molar-refractivity contribution in [2.45, 2.75) is 13.8 Å². The fraction of sp³-hybridized carbons (Fsp3) is 0.400. The Hall–Kier alpha value is -1.58. The number of aryl methyl sites for hydroxylation is 1. The lowest BCUT2D eigenvalue weighted by atomic mass is 10.3. The van der Waals surface area contributed by atoms with E-state index >= 15 is 0 Å². The molecule has 1 aromatic rings. The van der Waals surface area contributed by atoms with Crippen molar-refractivity contribution in [2.24, 2.45) is 7.05 Å². The quantitative estimate of drug-likeness (QED) is 0.635. The standard InChI is InChI=1S/C8H9NO3.C2H6/c1-9-4-3-6(5-7(9)10)8(11)12-2;1-2/h3-5H,1-2H3;1-2H3. The normalized spacial score (nSPS) is 8.57. The number of ether oxygens (including phenoxy) is 1. The van der Waals surface area contributed by atoms with Crippen LogP contribution in [0.15, 0.2) is 23.1 Å². The molecule has 0 amide bonds. The molecule has 0 saturated carbocycles. The largest absolute Gasteiger partial charge is 0.465 e. The zero-order valence-corrected chi connectivity index (χ0v) is 8.90. The monoisotopic (exact) mass is 197 g/mol. The van der Waals surface area contributed by atoms with Crippen molar-refractivity contribution in [3.63, 3.8) is 0 Å². The lowest BCUT2D eigenvalue weighted by Gasteiger charge is -1.99. The molecule has 78 valence electrons. The molecule has 0 atom stereocenters. The number of carbonyl (C=O) groups is 1. The summed E-state index contributed by atoms with van der Waals surface area (Å²) in [6, 6.07) is 2.78. The summed E-state index contributed by atoms with van der Waals surface area (Å²) >= 11 is 0. The van der Waals surface area contributed by atoms with E-state index in [9.17, 15) is 9.59 Å². The van der Waals surface area contributed by atoms with Crippen LogP contribution in [0, 0.1) is 0 Å². The number of rotatable bonds is 1. The minimum Gasteiger partial charge on any atom is -0.465 e. The van der Waals surface area contributed by atoms with E-state index in [1.54, 1.807) is 7.05 Å². The van der Waals surface area contributed by atoms with Gasteiger partial charge in [0.2, 0.25) is 0 Å². The maximum Gasteiger partial charge on any atom is 0.338 e. The predicted octanol–water partition coefficient (Wildman–Crippen LogP) is 1.20. The van der Waals surface area contributed by atoms with Crippen molar-refractivity contribution in [1.29, 1.82) is 0 Å². The predicted molar refractivity (Wildman–Crippen MR) is 54.4 cm³/mol. The first kappa shape index (κ1) is 12.4. The summed E-state index contributed by atoms with van der Waals surface area (Å²) in [4.78, 5) is 21.9. The molecule has 0 fully saturated rings. The van der Waals surface area contributed by atoms with Gasteiger partial charge in [-0.15, -0.1) is 0 Å². The molecule has 0 saturated heterocycles. The third-order valence-corrected chi connectivity index (χ3v) is 1.53. The van der Waals surface area contributed by atoms with E-state index in [0.717, 1.165) is 0 Å². The minimum atomic E-state index is -0.493. The molecule has 0 aromatic carbocycles. The fourth-order valence-corrected chi connectivity index (χ4v) is 0.793. The van der Waals surface area contributed by atoms with Crippen LogP contribution >= 0.6 is 0 Å². The van der Waals surface area contributed by atoms with Gasteiger partial charge in [-0.3, -0.25) is 4.79 Å². The number of hydrogen-bond acceptors (Lipinski definition) is 3. The van der Waals surface area contributed by atoms with Crippen LogP contribution in [0.2, 0.25) is 0 Å². The van der Waals surface area contributed by atoms with Gasteiger partial charge in [-0.2, -0.15) is 0 Å². The van der Waals surface area contributed by atoms with Crippen LogP contribution in [-0.4, -0.2) is 17.6 Å². The molecule has 4 heteroatoms. The molecule has 0 radical (unpaired) electrons. The van der Waals surface area contributed by atoms with E-state index in [1.807, 2.05) is 13.8 Å². The molecule has 4 nitrogen and oxygen atoms in total. The number of aromatic nitrogens is 1. The number of nitrogens with zero attached hydrogens (tertiary/aromatic N) is 1. The third kappa shape index (κ3) is 3.05. The second-order valence-corrected chi connectivity index (χ2v) is 2.36. The Balaban J connectivity index is 0.000000791. The minimum absolute atomic E-state index is 0.224. The summed E-state index contributed by atoms with van der Waals surface area (Å²) in [7, 11) is 2.89. The van der Waals surface area contributed by atoms with Gasteiger partial charge in [-0.1, -0.05) is 13.8 Å². The average Bonchev–Trinajstić information content (AvgIpc) is 2.24. The van der Waals surface area contributed by atoms with Gasteiger partial charge in [0.25, 0.3) is 5.56 Å². The van der Waals surface area contributed by atoms with Crippen molar-refractivity contribution in [3.05, 3.63) is 34.2 Å². The molecule has 1 rings (SSSR count). The van der Waals surface area contributed by atoms with Crippen molar-refractivity contribution < 1.29 is 9.53 Å². The Labute approximate surface area is 83.1 Å². The van der Waals surface area contributed by atoms with Crippen molar-refractivity contribution in [3.8, 4) is 0 Å². The molecule has 1 heterocycles. The Bertz CT molecular complexity index is 355. The van der Waals surface area contributed by atoms with Gasteiger partial charge in [0, 0.05) is 19.3 Å². The Morgan fingerprint density at radius 1 is 1.43 bits per heavy atom. The van der Waals surface area contributed by atoms with E-state index < -0.39 is 5.97 Å². The lowest BCUT2D eigenvalue weighted by Crippen LogP contribution is -2.17. The Morgan fingerprint density at radius 3 is 2.43 bits per heavy atom. The van der Waals surface area contributed by atoms with Crippen LogP contribution < -0.4 is 5.56 Å². The van der Waals surface area contributed by atoms with Crippen molar-refractivity contribution in [2.75, 3.05) is 7.11 Å². The van der Waals surface area contributed by atoms with Crippen LogP contribution in [0.5, 0.6) is 0 Å². The van der Waals surface area contributed by atoms with Gasteiger partial charge >= 0.3 is 5.97 Å². The van der Waals surface area contributed by atoms with Crippen molar-refractivity contribution in [1.82, 2.24) is 4.57 Å². The number of esters is 1. The van der Waals surface area contributed by atoms with E-state index in [-0.39, 0.29) is 11.1 Å². The number of carbonyl (C=O) groups excluding carboxylic acids is 1. The van der Waals surface area contributed by atoms with Gasteiger partial charge in [0.05, 0.1) is 12.7 Å². The van der Waals surface area contributed by atoms with Gasteiger partial charge < -0.3 is 9.30 Å². The highest BCUT2D eigenvalue weighted by Gasteiger charge is 2.04. The highest BCUT2D eigenvalue weighted by atomic mass is 16.5. The second-order valence-electron chi connectivity index (χ2n) is 2.36.